The average Bonchev–Trinajstić information content (AvgIpc) is 2.57. The molecule has 2 aliphatic rings. The zero-order chi connectivity index (χ0) is 18.9. The van der Waals surface area contributed by atoms with Crippen LogP contribution in [0.2, 0.25) is 0 Å². The molecular formula is C20H34O5. The van der Waals surface area contributed by atoms with Crippen LogP contribution in [-0.2, 0) is 19.3 Å². The second kappa shape index (κ2) is 7.37. The number of carbonyl (C=O) groups excluding carboxylic acids is 1. The van der Waals surface area contributed by atoms with Crippen molar-refractivity contribution >= 4 is 5.97 Å². The quantitative estimate of drug-likeness (QED) is 0.460. The maximum Gasteiger partial charge on any atom is 0.311 e. The van der Waals surface area contributed by atoms with Crippen molar-refractivity contribution in [3.8, 4) is 0 Å². The van der Waals surface area contributed by atoms with Crippen molar-refractivity contribution < 1.29 is 24.4 Å². The molecule has 2 rings (SSSR count). The number of methoxy groups -OCH3 is 1. The van der Waals surface area contributed by atoms with Gasteiger partial charge in [-0.25, -0.2) is 9.78 Å². The molecule has 0 amide bonds. The molecule has 0 aromatic rings. The highest BCUT2D eigenvalue weighted by Crippen LogP contribution is 2.50. The molecule has 4 atom stereocenters. The molecule has 0 bridgehead atoms. The lowest BCUT2D eigenvalue weighted by molar-refractivity contribution is -0.412. The Balaban J connectivity index is 1.95. The van der Waals surface area contributed by atoms with Gasteiger partial charge in [0.25, 0.3) is 0 Å². The van der Waals surface area contributed by atoms with Gasteiger partial charge in [0.05, 0.1) is 18.6 Å². The Morgan fingerprint density at radius 3 is 2.56 bits per heavy atom. The van der Waals surface area contributed by atoms with Crippen LogP contribution in [0.5, 0.6) is 0 Å². The molecular weight excluding hydrogens is 320 g/mol. The molecule has 0 unspecified atom stereocenters. The summed E-state index contributed by atoms with van der Waals surface area (Å²) in [4.78, 5) is 22.9. The smallest absolute Gasteiger partial charge is 0.311 e. The maximum atomic E-state index is 11.7. The van der Waals surface area contributed by atoms with Crippen LogP contribution in [0.4, 0.5) is 0 Å². The van der Waals surface area contributed by atoms with E-state index in [2.05, 4.69) is 20.4 Å². The summed E-state index contributed by atoms with van der Waals surface area (Å²) in [6.45, 7) is 12.2. The third-order valence-electron chi connectivity index (χ3n) is 6.46. The van der Waals surface area contributed by atoms with Crippen LogP contribution in [0.3, 0.4) is 0 Å². The molecule has 1 saturated carbocycles. The molecule has 2 fully saturated rings. The normalized spacial score (nSPS) is 36.7. The Morgan fingerprint density at radius 2 is 2.04 bits per heavy atom. The first-order chi connectivity index (χ1) is 11.5. The van der Waals surface area contributed by atoms with E-state index in [9.17, 15) is 9.90 Å². The number of carbonyl (C=O) groups is 1. The summed E-state index contributed by atoms with van der Waals surface area (Å²) in [5.41, 5.74) is -0.582. The van der Waals surface area contributed by atoms with Gasteiger partial charge in [0.1, 0.15) is 11.7 Å². The summed E-state index contributed by atoms with van der Waals surface area (Å²) >= 11 is 0. The monoisotopic (exact) mass is 354 g/mol. The fourth-order valence-corrected chi connectivity index (χ4v) is 4.15. The number of hydrogen-bond acceptors (Lipinski definition) is 5. The van der Waals surface area contributed by atoms with E-state index in [1.165, 1.54) is 7.11 Å². The van der Waals surface area contributed by atoms with E-state index in [1.54, 1.807) is 6.92 Å². The molecule has 1 aliphatic heterocycles. The molecule has 1 aliphatic carbocycles. The Morgan fingerprint density at radius 1 is 1.36 bits per heavy atom. The van der Waals surface area contributed by atoms with Crippen LogP contribution in [0, 0.1) is 11.3 Å². The van der Waals surface area contributed by atoms with E-state index < -0.39 is 11.2 Å². The van der Waals surface area contributed by atoms with Crippen molar-refractivity contribution in [3.05, 3.63) is 12.2 Å². The van der Waals surface area contributed by atoms with Crippen molar-refractivity contribution in [2.45, 2.75) is 89.9 Å². The zero-order valence-corrected chi connectivity index (χ0v) is 16.4. The van der Waals surface area contributed by atoms with Gasteiger partial charge in [-0.3, -0.25) is 4.79 Å². The van der Waals surface area contributed by atoms with Crippen LogP contribution in [0.1, 0.15) is 72.6 Å². The van der Waals surface area contributed by atoms with Gasteiger partial charge in [0.2, 0.25) is 0 Å². The minimum absolute atomic E-state index is 0.184. The van der Waals surface area contributed by atoms with Gasteiger partial charge in [0.15, 0.2) is 0 Å². The van der Waals surface area contributed by atoms with Crippen molar-refractivity contribution in [2.24, 2.45) is 11.3 Å². The summed E-state index contributed by atoms with van der Waals surface area (Å²) in [7, 11) is 1.38. The number of rotatable bonds is 5. The first kappa shape index (κ1) is 20.4. The van der Waals surface area contributed by atoms with Gasteiger partial charge in [-0.15, -0.1) is 0 Å². The summed E-state index contributed by atoms with van der Waals surface area (Å²) in [5, 5.41) is 11.3. The molecule has 0 spiro atoms. The number of aliphatic hydroxyl groups is 1. The van der Waals surface area contributed by atoms with E-state index >= 15 is 0 Å². The highest BCUT2D eigenvalue weighted by molar-refractivity contribution is 5.72. The third-order valence-corrected chi connectivity index (χ3v) is 6.46. The zero-order valence-electron chi connectivity index (χ0n) is 16.4. The van der Waals surface area contributed by atoms with Crippen molar-refractivity contribution in [1.82, 2.24) is 0 Å². The van der Waals surface area contributed by atoms with Gasteiger partial charge in [-0.05, 0) is 69.8 Å². The van der Waals surface area contributed by atoms with Gasteiger partial charge in [0, 0.05) is 0 Å². The molecule has 25 heavy (non-hydrogen) atoms. The lowest BCUT2D eigenvalue weighted by Crippen LogP contribution is -2.50. The predicted molar refractivity (Wildman–Crippen MR) is 95.7 cm³/mol. The lowest BCUT2D eigenvalue weighted by atomic mass is 9.61. The van der Waals surface area contributed by atoms with Gasteiger partial charge in [-0.2, -0.15) is 0 Å². The van der Waals surface area contributed by atoms with E-state index in [0.29, 0.717) is 12.8 Å². The van der Waals surface area contributed by atoms with Gasteiger partial charge < -0.3 is 9.84 Å². The second-order valence-corrected chi connectivity index (χ2v) is 8.72. The van der Waals surface area contributed by atoms with Crippen molar-refractivity contribution in [2.75, 3.05) is 7.11 Å². The summed E-state index contributed by atoms with van der Waals surface area (Å²) < 4.78 is 4.77. The summed E-state index contributed by atoms with van der Waals surface area (Å²) in [6.07, 6.45) is 5.48. The fraction of sp³-hybridized carbons (Fsp3) is 0.850. The minimum Gasteiger partial charge on any atom is -0.469 e. The summed E-state index contributed by atoms with van der Waals surface area (Å²) in [6, 6.07) is 0. The molecule has 5 nitrogen and oxygen atoms in total. The Kier molecular flexibility index (Phi) is 6.02. The number of hydrogen-bond donors (Lipinski definition) is 1. The molecule has 1 N–H and O–H groups in total. The van der Waals surface area contributed by atoms with E-state index in [4.69, 9.17) is 14.5 Å². The molecule has 1 saturated heterocycles. The van der Waals surface area contributed by atoms with Gasteiger partial charge >= 0.3 is 5.97 Å². The fourth-order valence-electron chi connectivity index (χ4n) is 4.15. The highest BCUT2D eigenvalue weighted by atomic mass is 17.2. The molecule has 144 valence electrons. The van der Waals surface area contributed by atoms with Crippen molar-refractivity contribution in [3.63, 3.8) is 0 Å². The molecule has 0 aromatic heterocycles. The predicted octanol–water partition coefficient (Wildman–Crippen LogP) is 3.94. The topological polar surface area (TPSA) is 65.0 Å². The number of ether oxygens (including phenoxy) is 1. The third kappa shape index (κ3) is 4.09. The van der Waals surface area contributed by atoms with E-state index in [0.717, 1.165) is 37.7 Å². The van der Waals surface area contributed by atoms with Crippen LogP contribution in [0.25, 0.3) is 0 Å². The van der Waals surface area contributed by atoms with Crippen LogP contribution in [0.15, 0.2) is 12.2 Å². The van der Waals surface area contributed by atoms with Crippen LogP contribution >= 0.6 is 0 Å². The molecule has 0 aromatic carbocycles. The lowest BCUT2D eigenvalue weighted by Gasteiger charge is -2.49. The Labute approximate surface area is 151 Å². The largest absolute Gasteiger partial charge is 0.469 e. The average molecular weight is 354 g/mol. The first-order valence-electron chi connectivity index (χ1n) is 9.38. The maximum absolute atomic E-state index is 11.7. The molecule has 5 heteroatoms. The van der Waals surface area contributed by atoms with Crippen LogP contribution < -0.4 is 0 Å². The van der Waals surface area contributed by atoms with E-state index in [-0.39, 0.29) is 23.4 Å². The molecule has 1 heterocycles. The minimum atomic E-state index is -0.867. The summed E-state index contributed by atoms with van der Waals surface area (Å²) in [5.74, 6) is -0.637. The van der Waals surface area contributed by atoms with Crippen molar-refractivity contribution in [1.29, 1.82) is 0 Å². The van der Waals surface area contributed by atoms with Gasteiger partial charge in [-0.1, -0.05) is 20.4 Å². The first-order valence-corrected chi connectivity index (χ1v) is 9.38. The van der Waals surface area contributed by atoms with E-state index in [1.807, 2.05) is 6.92 Å². The standard InChI is InChI=1S/C20H34O5/c1-14-8-7-10-18(3,4)20(14,22)13-12-19(5)11-9-16(24-25-19)15(2)17(21)23-6/h15-16,22H,1,7-13H2,2-6H3/t15-,16-,19+,20+/m1/s1. The SMILES string of the molecule is C=C1CCCC(C)(C)[C@]1(O)CC[C@]1(C)CC[C@H]([C@@H](C)C(=O)OC)OO1. The second-order valence-electron chi connectivity index (χ2n) is 8.72. The number of esters is 1. The molecule has 0 radical (unpaired) electrons. The van der Waals surface area contributed by atoms with Crippen LogP contribution in [-0.4, -0.2) is 35.5 Å². The Bertz CT molecular complexity index is 504. The highest BCUT2D eigenvalue weighted by Gasteiger charge is 2.49. The Hall–Kier alpha value is -0.910.